The topological polar surface area (TPSA) is 85.1 Å². The van der Waals surface area contributed by atoms with Crippen LogP contribution in [0.3, 0.4) is 0 Å². The standard InChI is InChI=1S/C19H17N3O3S/c1-11-4-5-15(10-12(11)2)17-13(3)26-19(20-17)21-18(23)14-6-8-16(9-7-14)22(24)25/h4-10H,1-3H3,(H,20,21,23). The Morgan fingerprint density at radius 3 is 2.38 bits per heavy atom. The number of carbonyl (C=O) groups is 1. The van der Waals surface area contributed by atoms with Crippen LogP contribution in [0, 0.1) is 30.9 Å². The maximum absolute atomic E-state index is 12.3. The smallest absolute Gasteiger partial charge is 0.269 e. The monoisotopic (exact) mass is 367 g/mol. The van der Waals surface area contributed by atoms with Gasteiger partial charge >= 0.3 is 0 Å². The molecule has 0 radical (unpaired) electrons. The van der Waals surface area contributed by atoms with Crippen molar-refractivity contribution in [1.82, 2.24) is 4.98 Å². The lowest BCUT2D eigenvalue weighted by molar-refractivity contribution is -0.384. The molecule has 0 unspecified atom stereocenters. The number of nitrogens with zero attached hydrogens (tertiary/aromatic N) is 2. The van der Waals surface area contributed by atoms with E-state index in [9.17, 15) is 14.9 Å². The molecule has 0 saturated heterocycles. The first-order valence-corrected chi connectivity index (χ1v) is 8.77. The average molecular weight is 367 g/mol. The van der Waals surface area contributed by atoms with Gasteiger partial charge in [-0.25, -0.2) is 4.98 Å². The number of nitro groups is 1. The lowest BCUT2D eigenvalue weighted by atomic mass is 10.0. The molecule has 1 N–H and O–H groups in total. The summed E-state index contributed by atoms with van der Waals surface area (Å²) in [6.45, 7) is 6.07. The molecule has 7 heteroatoms. The van der Waals surface area contributed by atoms with Crippen LogP contribution in [0.4, 0.5) is 10.8 Å². The second kappa shape index (κ2) is 7.05. The summed E-state index contributed by atoms with van der Waals surface area (Å²) in [6, 6.07) is 11.6. The van der Waals surface area contributed by atoms with E-state index in [0.29, 0.717) is 10.7 Å². The predicted molar refractivity (Wildman–Crippen MR) is 103 cm³/mol. The van der Waals surface area contributed by atoms with Crippen molar-refractivity contribution in [1.29, 1.82) is 0 Å². The first-order chi connectivity index (χ1) is 12.3. The molecule has 6 nitrogen and oxygen atoms in total. The van der Waals surface area contributed by atoms with Crippen molar-refractivity contribution in [2.45, 2.75) is 20.8 Å². The summed E-state index contributed by atoms with van der Waals surface area (Å²) in [7, 11) is 0. The third-order valence-electron chi connectivity index (χ3n) is 4.14. The third kappa shape index (κ3) is 3.62. The molecule has 3 rings (SSSR count). The molecule has 0 spiro atoms. The van der Waals surface area contributed by atoms with Crippen LogP contribution >= 0.6 is 11.3 Å². The Hall–Kier alpha value is -3.06. The van der Waals surface area contributed by atoms with Crippen LogP contribution in [-0.4, -0.2) is 15.8 Å². The molecular formula is C19H17N3O3S. The molecule has 26 heavy (non-hydrogen) atoms. The molecule has 0 saturated carbocycles. The molecule has 1 amide bonds. The molecule has 2 aromatic carbocycles. The number of non-ortho nitro benzene ring substituents is 1. The lowest BCUT2D eigenvalue weighted by Crippen LogP contribution is -2.11. The highest BCUT2D eigenvalue weighted by molar-refractivity contribution is 7.16. The molecule has 0 bridgehead atoms. The van der Waals surface area contributed by atoms with Gasteiger partial charge in [0.2, 0.25) is 0 Å². The minimum Gasteiger partial charge on any atom is -0.298 e. The van der Waals surface area contributed by atoms with Gasteiger partial charge in [0.15, 0.2) is 5.13 Å². The minimum absolute atomic E-state index is 0.0522. The van der Waals surface area contributed by atoms with Crippen LogP contribution in [0.5, 0.6) is 0 Å². The van der Waals surface area contributed by atoms with Gasteiger partial charge in [-0.3, -0.25) is 20.2 Å². The van der Waals surface area contributed by atoms with E-state index in [1.165, 1.54) is 46.7 Å². The van der Waals surface area contributed by atoms with Crippen molar-refractivity contribution in [3.05, 3.63) is 74.1 Å². The fourth-order valence-electron chi connectivity index (χ4n) is 2.51. The number of aromatic nitrogens is 1. The van der Waals surface area contributed by atoms with E-state index in [1.54, 1.807) is 0 Å². The van der Waals surface area contributed by atoms with Crippen molar-refractivity contribution in [2.75, 3.05) is 5.32 Å². The second-order valence-electron chi connectivity index (χ2n) is 5.98. The highest BCUT2D eigenvalue weighted by Crippen LogP contribution is 2.31. The summed E-state index contributed by atoms with van der Waals surface area (Å²) < 4.78 is 0. The van der Waals surface area contributed by atoms with Gasteiger partial charge in [-0.1, -0.05) is 12.1 Å². The van der Waals surface area contributed by atoms with Crippen LogP contribution in [0.15, 0.2) is 42.5 Å². The fourth-order valence-corrected chi connectivity index (χ4v) is 3.34. The SMILES string of the molecule is Cc1ccc(-c2nc(NC(=O)c3ccc([N+](=O)[O-])cc3)sc2C)cc1C. The van der Waals surface area contributed by atoms with Crippen LogP contribution < -0.4 is 5.32 Å². The summed E-state index contributed by atoms with van der Waals surface area (Å²) in [4.78, 5) is 28.1. The normalized spacial score (nSPS) is 10.6. The Balaban J connectivity index is 1.81. The number of hydrogen-bond acceptors (Lipinski definition) is 5. The average Bonchev–Trinajstić information content (AvgIpc) is 2.97. The van der Waals surface area contributed by atoms with Crippen molar-refractivity contribution in [2.24, 2.45) is 0 Å². The predicted octanol–water partition coefficient (Wildman–Crippen LogP) is 4.90. The molecule has 0 fully saturated rings. The number of carbonyl (C=O) groups excluding carboxylic acids is 1. The summed E-state index contributed by atoms with van der Waals surface area (Å²) in [5.74, 6) is -0.347. The second-order valence-corrected chi connectivity index (χ2v) is 7.18. The molecule has 0 atom stereocenters. The van der Waals surface area contributed by atoms with Gasteiger partial charge in [0, 0.05) is 28.1 Å². The maximum atomic E-state index is 12.3. The zero-order valence-corrected chi connectivity index (χ0v) is 15.4. The Morgan fingerprint density at radius 2 is 1.77 bits per heavy atom. The first kappa shape index (κ1) is 17.8. The van der Waals surface area contributed by atoms with Crippen molar-refractivity contribution >= 4 is 28.1 Å². The molecule has 3 aromatic rings. The molecule has 0 aliphatic carbocycles. The van der Waals surface area contributed by atoms with E-state index in [2.05, 4.69) is 36.3 Å². The number of anilines is 1. The number of thiazole rings is 1. The van der Waals surface area contributed by atoms with Gasteiger partial charge < -0.3 is 0 Å². The van der Waals surface area contributed by atoms with E-state index in [4.69, 9.17) is 0 Å². The van der Waals surface area contributed by atoms with Gasteiger partial charge in [-0.15, -0.1) is 11.3 Å². The van der Waals surface area contributed by atoms with Crippen molar-refractivity contribution in [3.63, 3.8) is 0 Å². The van der Waals surface area contributed by atoms with Crippen molar-refractivity contribution < 1.29 is 9.72 Å². The van der Waals surface area contributed by atoms with Gasteiger partial charge in [-0.2, -0.15) is 0 Å². The molecular weight excluding hydrogens is 350 g/mol. The van der Waals surface area contributed by atoms with Crippen molar-refractivity contribution in [3.8, 4) is 11.3 Å². The van der Waals surface area contributed by atoms with Gasteiger partial charge in [0.1, 0.15) is 0 Å². The summed E-state index contributed by atoms with van der Waals surface area (Å²) in [6.07, 6.45) is 0. The Morgan fingerprint density at radius 1 is 1.08 bits per heavy atom. The zero-order chi connectivity index (χ0) is 18.8. The number of hydrogen-bond donors (Lipinski definition) is 1. The molecule has 0 aliphatic heterocycles. The Kier molecular flexibility index (Phi) is 4.81. The number of aryl methyl sites for hydroxylation is 3. The van der Waals surface area contributed by atoms with Gasteiger partial charge in [-0.05, 0) is 50.1 Å². The number of nitro benzene ring substituents is 1. The maximum Gasteiger partial charge on any atom is 0.269 e. The van der Waals surface area contributed by atoms with E-state index in [-0.39, 0.29) is 11.6 Å². The molecule has 0 aliphatic rings. The zero-order valence-electron chi connectivity index (χ0n) is 14.6. The van der Waals surface area contributed by atoms with Crippen LogP contribution in [-0.2, 0) is 0 Å². The van der Waals surface area contributed by atoms with E-state index in [1.807, 2.05) is 13.0 Å². The summed E-state index contributed by atoms with van der Waals surface area (Å²) in [5, 5.41) is 14.0. The minimum atomic E-state index is -0.498. The van der Waals surface area contributed by atoms with Gasteiger partial charge in [0.25, 0.3) is 11.6 Å². The number of amides is 1. The largest absolute Gasteiger partial charge is 0.298 e. The van der Waals surface area contributed by atoms with Crippen LogP contribution in [0.25, 0.3) is 11.3 Å². The lowest BCUT2D eigenvalue weighted by Gasteiger charge is -2.04. The molecule has 132 valence electrons. The van der Waals surface area contributed by atoms with Crippen LogP contribution in [0.2, 0.25) is 0 Å². The quantitative estimate of drug-likeness (QED) is 0.525. The number of nitrogens with one attached hydrogen (secondary N) is 1. The summed E-state index contributed by atoms with van der Waals surface area (Å²) >= 11 is 1.40. The van der Waals surface area contributed by atoms with E-state index in [0.717, 1.165) is 16.1 Å². The van der Waals surface area contributed by atoms with Gasteiger partial charge in [0.05, 0.1) is 10.6 Å². The third-order valence-corrected chi connectivity index (χ3v) is 5.02. The van der Waals surface area contributed by atoms with E-state index < -0.39 is 4.92 Å². The molecule has 1 aromatic heterocycles. The first-order valence-electron chi connectivity index (χ1n) is 7.96. The number of benzene rings is 2. The highest BCUT2D eigenvalue weighted by Gasteiger charge is 2.14. The fraction of sp³-hybridized carbons (Fsp3) is 0.158. The Bertz CT molecular complexity index is 994. The van der Waals surface area contributed by atoms with E-state index >= 15 is 0 Å². The summed E-state index contributed by atoms with van der Waals surface area (Å²) in [5.41, 5.74) is 4.55. The molecule has 1 heterocycles. The highest BCUT2D eigenvalue weighted by atomic mass is 32.1. The number of rotatable bonds is 4. The Labute approximate surface area is 154 Å². The van der Waals surface area contributed by atoms with Crippen LogP contribution in [0.1, 0.15) is 26.4 Å².